The molecule has 0 bridgehead atoms. The minimum atomic E-state index is -0.927. The number of rotatable bonds is 3. The van der Waals surface area contributed by atoms with Gasteiger partial charge in [-0.05, 0) is 62.4 Å². The Kier molecular flexibility index (Phi) is 4.70. The van der Waals surface area contributed by atoms with Crippen LogP contribution < -0.4 is 5.32 Å². The highest BCUT2D eigenvalue weighted by molar-refractivity contribution is 7.85. The van der Waals surface area contributed by atoms with Crippen LogP contribution in [0.5, 0.6) is 0 Å². The maximum absolute atomic E-state index is 13.0. The first-order valence-corrected chi connectivity index (χ1v) is 8.73. The van der Waals surface area contributed by atoms with Crippen LogP contribution in [0.2, 0.25) is 0 Å². The summed E-state index contributed by atoms with van der Waals surface area (Å²) in [6.45, 7) is 8.77. The first-order chi connectivity index (χ1) is 9.36. The Bertz CT molecular complexity index is 510. The Labute approximate surface area is 125 Å². The average Bonchev–Trinajstić information content (AvgIpc) is 2.39. The quantitative estimate of drug-likeness (QED) is 0.923. The molecule has 0 heterocycles. The topological polar surface area (TPSA) is 29.1 Å². The highest BCUT2D eigenvalue weighted by atomic mass is 32.2. The second kappa shape index (κ2) is 5.98. The van der Waals surface area contributed by atoms with Crippen LogP contribution in [0.15, 0.2) is 23.1 Å². The van der Waals surface area contributed by atoms with Crippen LogP contribution >= 0.6 is 0 Å². The van der Waals surface area contributed by atoms with Crippen molar-refractivity contribution in [1.82, 2.24) is 5.32 Å². The van der Waals surface area contributed by atoms with E-state index in [0.717, 1.165) is 11.3 Å². The first-order valence-electron chi connectivity index (χ1n) is 7.52. The van der Waals surface area contributed by atoms with E-state index in [9.17, 15) is 4.21 Å². The van der Waals surface area contributed by atoms with Gasteiger partial charge in [0.15, 0.2) is 0 Å². The molecule has 0 radical (unpaired) electrons. The number of hydrogen-bond donors (Lipinski definition) is 1. The van der Waals surface area contributed by atoms with E-state index < -0.39 is 10.8 Å². The van der Waals surface area contributed by atoms with Crippen LogP contribution in [0, 0.1) is 19.3 Å². The average molecular weight is 293 g/mol. The summed E-state index contributed by atoms with van der Waals surface area (Å²) in [5.41, 5.74) is 2.71. The summed E-state index contributed by atoms with van der Waals surface area (Å²) >= 11 is 0. The van der Waals surface area contributed by atoms with Gasteiger partial charge >= 0.3 is 0 Å². The maximum Gasteiger partial charge on any atom is 0.0576 e. The molecule has 0 aliphatic heterocycles. The Morgan fingerprint density at radius 1 is 1.25 bits per heavy atom. The molecular formula is C17H27NOS. The normalized spacial score (nSPS) is 27.2. The lowest BCUT2D eigenvalue weighted by molar-refractivity contribution is 0.180. The van der Waals surface area contributed by atoms with Gasteiger partial charge in [0.2, 0.25) is 0 Å². The summed E-state index contributed by atoms with van der Waals surface area (Å²) in [5, 5.41) is 3.64. The number of hydrogen-bond acceptors (Lipinski definition) is 2. The lowest BCUT2D eigenvalue weighted by Gasteiger charge is -2.43. The third-order valence-corrected chi connectivity index (χ3v) is 6.60. The van der Waals surface area contributed by atoms with Crippen molar-refractivity contribution in [2.24, 2.45) is 5.41 Å². The summed E-state index contributed by atoms with van der Waals surface area (Å²) in [6, 6.07) is 6.54. The summed E-state index contributed by atoms with van der Waals surface area (Å²) in [5.74, 6) is 0. The maximum atomic E-state index is 13.0. The van der Waals surface area contributed by atoms with Crippen molar-refractivity contribution < 1.29 is 4.21 Å². The van der Waals surface area contributed by atoms with Crippen molar-refractivity contribution in [3.05, 3.63) is 29.3 Å². The monoisotopic (exact) mass is 293 g/mol. The van der Waals surface area contributed by atoms with Gasteiger partial charge in [-0.1, -0.05) is 26.3 Å². The van der Waals surface area contributed by atoms with Crippen molar-refractivity contribution in [2.45, 2.75) is 63.1 Å². The molecule has 1 saturated carbocycles. The van der Waals surface area contributed by atoms with Gasteiger partial charge in [-0.3, -0.25) is 4.21 Å². The van der Waals surface area contributed by atoms with Crippen molar-refractivity contribution >= 4 is 10.8 Å². The van der Waals surface area contributed by atoms with E-state index in [2.05, 4.69) is 45.1 Å². The van der Waals surface area contributed by atoms with E-state index >= 15 is 0 Å². The summed E-state index contributed by atoms with van der Waals surface area (Å²) in [7, 11) is 1.07. The highest BCUT2D eigenvalue weighted by Crippen LogP contribution is 2.38. The fraction of sp³-hybridized carbons (Fsp3) is 0.647. The van der Waals surface area contributed by atoms with Gasteiger partial charge in [0.1, 0.15) is 0 Å². The van der Waals surface area contributed by atoms with E-state index in [0.29, 0.717) is 6.04 Å². The molecular weight excluding hydrogens is 266 g/mol. The lowest BCUT2D eigenvalue weighted by Crippen LogP contribution is -2.52. The van der Waals surface area contributed by atoms with Crippen LogP contribution in [-0.2, 0) is 10.8 Å². The van der Waals surface area contributed by atoms with Gasteiger partial charge in [-0.15, -0.1) is 0 Å². The van der Waals surface area contributed by atoms with Gasteiger partial charge in [0, 0.05) is 10.9 Å². The smallest absolute Gasteiger partial charge is 0.0576 e. The molecule has 1 aromatic carbocycles. The van der Waals surface area contributed by atoms with Crippen molar-refractivity contribution in [3.63, 3.8) is 0 Å². The fourth-order valence-corrected chi connectivity index (χ4v) is 5.38. The zero-order valence-electron chi connectivity index (χ0n) is 13.3. The summed E-state index contributed by atoms with van der Waals surface area (Å²) < 4.78 is 13.0. The Balaban J connectivity index is 2.29. The fourth-order valence-electron chi connectivity index (χ4n) is 3.41. The molecule has 3 unspecified atom stereocenters. The SMILES string of the molecule is CNC1C(S(=O)c2ccc(C)c(C)c2)CCCC1(C)C. The van der Waals surface area contributed by atoms with E-state index in [4.69, 9.17) is 0 Å². The first kappa shape index (κ1) is 15.7. The molecule has 2 nitrogen and oxygen atoms in total. The molecule has 0 saturated heterocycles. The van der Waals surface area contributed by atoms with Gasteiger partial charge in [0.25, 0.3) is 0 Å². The van der Waals surface area contributed by atoms with Crippen LogP contribution in [0.1, 0.15) is 44.2 Å². The molecule has 0 spiro atoms. The molecule has 20 heavy (non-hydrogen) atoms. The summed E-state index contributed by atoms with van der Waals surface area (Å²) in [6.07, 6.45) is 3.43. The number of aryl methyl sites for hydroxylation is 2. The molecule has 2 rings (SSSR count). The minimum absolute atomic E-state index is 0.214. The van der Waals surface area contributed by atoms with Crippen LogP contribution in [0.3, 0.4) is 0 Å². The Morgan fingerprint density at radius 3 is 2.55 bits per heavy atom. The van der Waals surface area contributed by atoms with Crippen molar-refractivity contribution in [3.8, 4) is 0 Å². The van der Waals surface area contributed by atoms with Crippen molar-refractivity contribution in [1.29, 1.82) is 0 Å². The number of benzene rings is 1. The van der Waals surface area contributed by atoms with E-state index in [1.54, 1.807) is 0 Å². The van der Waals surface area contributed by atoms with E-state index in [-0.39, 0.29) is 10.7 Å². The second-order valence-corrected chi connectivity index (χ2v) is 8.40. The second-order valence-electron chi connectivity index (χ2n) is 6.73. The molecule has 0 aromatic heterocycles. The van der Waals surface area contributed by atoms with E-state index in [1.807, 2.05) is 13.1 Å². The molecule has 1 aliphatic carbocycles. The summed E-state index contributed by atoms with van der Waals surface area (Å²) in [4.78, 5) is 0.982. The number of nitrogens with one attached hydrogen (secondary N) is 1. The standard InChI is InChI=1S/C17H27NOS/c1-12-8-9-14(11-13(12)2)20(19)15-7-6-10-17(3,4)16(15)18-5/h8-9,11,15-16,18H,6-7,10H2,1-5H3. The van der Waals surface area contributed by atoms with E-state index in [1.165, 1.54) is 24.0 Å². The van der Waals surface area contributed by atoms with Gasteiger partial charge in [-0.25, -0.2) is 0 Å². The molecule has 1 aromatic rings. The highest BCUT2D eigenvalue weighted by Gasteiger charge is 2.41. The zero-order valence-corrected chi connectivity index (χ0v) is 14.1. The van der Waals surface area contributed by atoms with Crippen LogP contribution in [0.4, 0.5) is 0 Å². The van der Waals surface area contributed by atoms with Gasteiger partial charge < -0.3 is 5.32 Å². The van der Waals surface area contributed by atoms with Crippen LogP contribution in [0.25, 0.3) is 0 Å². The van der Waals surface area contributed by atoms with Crippen LogP contribution in [-0.4, -0.2) is 22.5 Å². The Morgan fingerprint density at radius 2 is 1.95 bits per heavy atom. The molecule has 3 heteroatoms. The molecule has 3 atom stereocenters. The van der Waals surface area contributed by atoms with Gasteiger partial charge in [0.05, 0.1) is 16.0 Å². The van der Waals surface area contributed by atoms with Crippen molar-refractivity contribution in [2.75, 3.05) is 7.05 Å². The third-order valence-electron chi connectivity index (χ3n) is 4.82. The lowest BCUT2D eigenvalue weighted by atomic mass is 9.73. The largest absolute Gasteiger partial charge is 0.315 e. The third kappa shape index (κ3) is 2.99. The molecule has 0 amide bonds. The molecule has 1 fully saturated rings. The molecule has 112 valence electrons. The molecule has 1 aliphatic rings. The zero-order chi connectivity index (χ0) is 14.9. The predicted molar refractivity (Wildman–Crippen MR) is 86.6 cm³/mol. The predicted octanol–water partition coefficient (Wildman–Crippen LogP) is 3.58. The minimum Gasteiger partial charge on any atom is -0.315 e. The van der Waals surface area contributed by atoms with Gasteiger partial charge in [-0.2, -0.15) is 0 Å². The Hall–Kier alpha value is -0.670. The molecule has 1 N–H and O–H groups in total.